The van der Waals surface area contributed by atoms with Crippen molar-refractivity contribution in [2.45, 2.75) is 46.0 Å². The zero-order chi connectivity index (χ0) is 22.2. The lowest BCUT2D eigenvalue weighted by Crippen LogP contribution is -2.49. The summed E-state index contributed by atoms with van der Waals surface area (Å²) in [7, 11) is 0. The van der Waals surface area contributed by atoms with Gasteiger partial charge in [0.1, 0.15) is 0 Å². The van der Waals surface area contributed by atoms with E-state index < -0.39 is 0 Å². The SMILES string of the molecule is CCCCCCC(=O)Nc1cccc(Cl)c1N1CCN(C(=O)c2ccc(C)cc2)CC1. The molecule has 1 heterocycles. The molecule has 0 saturated carbocycles. The molecule has 0 atom stereocenters. The van der Waals surface area contributed by atoms with Crippen LogP contribution in [-0.2, 0) is 4.79 Å². The molecule has 6 heteroatoms. The van der Waals surface area contributed by atoms with E-state index in [0.717, 1.165) is 42.6 Å². The van der Waals surface area contributed by atoms with Crippen molar-refractivity contribution >= 4 is 34.8 Å². The Balaban J connectivity index is 1.62. The fourth-order valence-electron chi connectivity index (χ4n) is 3.87. The first kappa shape index (κ1) is 23.1. The minimum atomic E-state index is 0.0211. The lowest BCUT2D eigenvalue weighted by molar-refractivity contribution is -0.116. The van der Waals surface area contributed by atoms with Crippen LogP contribution in [0.15, 0.2) is 42.5 Å². The van der Waals surface area contributed by atoms with Gasteiger partial charge in [0.15, 0.2) is 0 Å². The van der Waals surface area contributed by atoms with E-state index in [9.17, 15) is 9.59 Å². The molecule has 0 unspecified atom stereocenters. The van der Waals surface area contributed by atoms with Crippen LogP contribution in [0.25, 0.3) is 0 Å². The van der Waals surface area contributed by atoms with Gasteiger partial charge in [-0.05, 0) is 37.6 Å². The van der Waals surface area contributed by atoms with E-state index in [2.05, 4.69) is 17.1 Å². The molecular formula is C25H32ClN3O2. The number of para-hydroxylation sites is 1. The smallest absolute Gasteiger partial charge is 0.253 e. The molecule has 1 aliphatic heterocycles. The number of carbonyl (C=O) groups excluding carboxylic acids is 2. The van der Waals surface area contributed by atoms with Gasteiger partial charge < -0.3 is 15.1 Å². The zero-order valence-electron chi connectivity index (χ0n) is 18.5. The molecular weight excluding hydrogens is 410 g/mol. The summed E-state index contributed by atoms with van der Waals surface area (Å²) in [6, 6.07) is 13.3. The van der Waals surface area contributed by atoms with Gasteiger partial charge in [-0.25, -0.2) is 0 Å². The molecule has 3 rings (SSSR count). The molecule has 0 bridgehead atoms. The second-order valence-electron chi connectivity index (χ2n) is 8.14. The van der Waals surface area contributed by atoms with Crippen molar-refractivity contribution in [1.82, 2.24) is 4.90 Å². The molecule has 0 aliphatic carbocycles. The molecule has 0 aromatic heterocycles. The Labute approximate surface area is 190 Å². The van der Waals surface area contributed by atoms with Gasteiger partial charge in [0, 0.05) is 38.2 Å². The normalized spacial score (nSPS) is 13.9. The number of hydrogen-bond acceptors (Lipinski definition) is 3. The van der Waals surface area contributed by atoms with E-state index in [4.69, 9.17) is 11.6 Å². The fraction of sp³-hybridized carbons (Fsp3) is 0.440. The summed E-state index contributed by atoms with van der Waals surface area (Å²) >= 11 is 6.53. The fourth-order valence-corrected chi connectivity index (χ4v) is 4.17. The second kappa shape index (κ2) is 11.2. The van der Waals surface area contributed by atoms with Crippen LogP contribution in [0.2, 0.25) is 5.02 Å². The number of amides is 2. The van der Waals surface area contributed by atoms with Crippen LogP contribution in [0.5, 0.6) is 0 Å². The van der Waals surface area contributed by atoms with Crippen LogP contribution in [-0.4, -0.2) is 42.9 Å². The van der Waals surface area contributed by atoms with E-state index in [0.29, 0.717) is 43.2 Å². The number of nitrogens with one attached hydrogen (secondary N) is 1. The number of halogens is 1. The predicted molar refractivity (Wildman–Crippen MR) is 128 cm³/mol. The van der Waals surface area contributed by atoms with Gasteiger partial charge in [-0.15, -0.1) is 0 Å². The molecule has 166 valence electrons. The molecule has 1 saturated heterocycles. The first-order valence-electron chi connectivity index (χ1n) is 11.2. The number of nitrogens with zero attached hydrogens (tertiary/aromatic N) is 2. The number of benzene rings is 2. The molecule has 0 spiro atoms. The van der Waals surface area contributed by atoms with E-state index in [-0.39, 0.29) is 11.8 Å². The summed E-state index contributed by atoms with van der Waals surface area (Å²) in [6.07, 6.45) is 4.79. The first-order valence-corrected chi connectivity index (χ1v) is 11.6. The Hall–Kier alpha value is -2.53. The quantitative estimate of drug-likeness (QED) is 0.549. The summed E-state index contributed by atoms with van der Waals surface area (Å²) in [6.45, 7) is 6.73. The minimum Gasteiger partial charge on any atom is -0.365 e. The molecule has 1 aliphatic rings. The lowest BCUT2D eigenvalue weighted by atomic mass is 10.1. The van der Waals surface area contributed by atoms with Gasteiger partial charge in [-0.1, -0.05) is 61.5 Å². The molecule has 2 amide bonds. The maximum Gasteiger partial charge on any atom is 0.253 e. The van der Waals surface area contributed by atoms with Gasteiger partial charge in [0.2, 0.25) is 5.91 Å². The molecule has 2 aromatic carbocycles. The van der Waals surface area contributed by atoms with Crippen molar-refractivity contribution in [2.75, 3.05) is 36.4 Å². The van der Waals surface area contributed by atoms with Crippen LogP contribution in [0.1, 0.15) is 54.9 Å². The Morgan fingerprint density at radius 1 is 0.968 bits per heavy atom. The Morgan fingerprint density at radius 3 is 2.35 bits per heavy atom. The highest BCUT2D eigenvalue weighted by atomic mass is 35.5. The third-order valence-electron chi connectivity index (χ3n) is 5.70. The first-order chi connectivity index (χ1) is 15.0. The van der Waals surface area contributed by atoms with Crippen molar-refractivity contribution in [3.8, 4) is 0 Å². The maximum atomic E-state index is 12.8. The van der Waals surface area contributed by atoms with Gasteiger partial charge >= 0.3 is 0 Å². The Morgan fingerprint density at radius 2 is 1.68 bits per heavy atom. The van der Waals surface area contributed by atoms with E-state index in [1.54, 1.807) is 0 Å². The van der Waals surface area contributed by atoms with Crippen molar-refractivity contribution in [1.29, 1.82) is 0 Å². The number of unbranched alkanes of at least 4 members (excludes halogenated alkanes) is 3. The molecule has 31 heavy (non-hydrogen) atoms. The third-order valence-corrected chi connectivity index (χ3v) is 6.00. The molecule has 1 fully saturated rings. The average molecular weight is 442 g/mol. The van der Waals surface area contributed by atoms with Crippen LogP contribution >= 0.6 is 11.6 Å². The lowest BCUT2D eigenvalue weighted by Gasteiger charge is -2.37. The van der Waals surface area contributed by atoms with Crippen molar-refractivity contribution in [2.24, 2.45) is 0 Å². The van der Waals surface area contributed by atoms with E-state index >= 15 is 0 Å². The van der Waals surface area contributed by atoms with E-state index in [1.165, 1.54) is 0 Å². The van der Waals surface area contributed by atoms with Gasteiger partial charge in [-0.3, -0.25) is 9.59 Å². The summed E-state index contributed by atoms with van der Waals surface area (Å²) in [4.78, 5) is 29.3. The summed E-state index contributed by atoms with van der Waals surface area (Å²) in [5.74, 6) is 0.0761. The van der Waals surface area contributed by atoms with Gasteiger partial charge in [0.05, 0.1) is 16.4 Å². The van der Waals surface area contributed by atoms with Gasteiger partial charge in [-0.2, -0.15) is 0 Å². The standard InChI is InChI=1S/C25H32ClN3O2/c1-3-4-5-6-10-23(30)27-22-9-7-8-21(26)24(22)28-15-17-29(18-16-28)25(31)20-13-11-19(2)12-14-20/h7-9,11-14H,3-6,10,15-18H2,1-2H3,(H,27,30). The summed E-state index contributed by atoms with van der Waals surface area (Å²) in [5, 5.41) is 3.66. The van der Waals surface area contributed by atoms with Crippen LogP contribution < -0.4 is 10.2 Å². The number of hydrogen-bond donors (Lipinski definition) is 1. The number of piperazine rings is 1. The zero-order valence-corrected chi connectivity index (χ0v) is 19.3. The van der Waals surface area contributed by atoms with Crippen molar-refractivity contribution in [3.05, 3.63) is 58.6 Å². The summed E-state index contributed by atoms with van der Waals surface area (Å²) < 4.78 is 0. The molecule has 5 nitrogen and oxygen atoms in total. The number of carbonyl (C=O) groups is 2. The van der Waals surface area contributed by atoms with Gasteiger partial charge in [0.25, 0.3) is 5.91 Å². The van der Waals surface area contributed by atoms with Crippen LogP contribution in [0.3, 0.4) is 0 Å². The topological polar surface area (TPSA) is 52.7 Å². The highest BCUT2D eigenvalue weighted by Crippen LogP contribution is 2.35. The van der Waals surface area contributed by atoms with Crippen molar-refractivity contribution in [3.63, 3.8) is 0 Å². The number of aryl methyl sites for hydroxylation is 1. The predicted octanol–water partition coefficient (Wildman–Crippen LogP) is 5.52. The average Bonchev–Trinajstić information content (AvgIpc) is 2.77. The Kier molecular flexibility index (Phi) is 8.35. The van der Waals surface area contributed by atoms with Crippen molar-refractivity contribution < 1.29 is 9.59 Å². The number of anilines is 2. The highest BCUT2D eigenvalue weighted by Gasteiger charge is 2.25. The second-order valence-corrected chi connectivity index (χ2v) is 8.55. The molecule has 1 N–H and O–H groups in total. The van der Waals surface area contributed by atoms with Crippen LogP contribution in [0.4, 0.5) is 11.4 Å². The largest absolute Gasteiger partial charge is 0.365 e. The number of rotatable bonds is 8. The summed E-state index contributed by atoms with van der Waals surface area (Å²) in [5.41, 5.74) is 3.44. The molecule has 0 radical (unpaired) electrons. The third kappa shape index (κ3) is 6.23. The molecule has 2 aromatic rings. The highest BCUT2D eigenvalue weighted by molar-refractivity contribution is 6.34. The van der Waals surface area contributed by atoms with E-state index in [1.807, 2.05) is 54.3 Å². The maximum absolute atomic E-state index is 12.8. The Bertz CT molecular complexity index is 890. The minimum absolute atomic E-state index is 0.0211. The monoisotopic (exact) mass is 441 g/mol. The van der Waals surface area contributed by atoms with Crippen LogP contribution in [0, 0.1) is 6.92 Å².